The molecule has 0 radical (unpaired) electrons. The monoisotopic (exact) mass is 346 g/mol. The highest BCUT2D eigenvalue weighted by molar-refractivity contribution is 8.00. The Morgan fingerprint density at radius 1 is 1.21 bits per heavy atom. The van der Waals surface area contributed by atoms with Gasteiger partial charge in [-0.25, -0.2) is 8.78 Å². The summed E-state index contributed by atoms with van der Waals surface area (Å²) in [6.07, 6.45) is 1.86. The Bertz CT molecular complexity index is 770. The van der Waals surface area contributed by atoms with E-state index in [1.807, 2.05) is 25.1 Å². The molecule has 0 aliphatic rings. The molecular formula is C19H20F2N2S. The summed E-state index contributed by atoms with van der Waals surface area (Å²) in [6, 6.07) is 11.6. The third-order valence-electron chi connectivity index (χ3n) is 3.36. The molecule has 0 fully saturated rings. The number of halogens is 2. The normalized spacial score (nSPS) is 12.4. The highest BCUT2D eigenvalue weighted by Crippen LogP contribution is 2.19. The van der Waals surface area contributed by atoms with Gasteiger partial charge in [0.2, 0.25) is 0 Å². The second-order valence-corrected chi connectivity index (χ2v) is 6.43. The van der Waals surface area contributed by atoms with Crippen LogP contribution in [0.5, 0.6) is 0 Å². The maximum Gasteiger partial charge on any atom is 0.126 e. The summed E-state index contributed by atoms with van der Waals surface area (Å²) >= 11 is 1.50. The van der Waals surface area contributed by atoms with Gasteiger partial charge in [0.05, 0.1) is 5.75 Å². The molecule has 24 heavy (non-hydrogen) atoms. The van der Waals surface area contributed by atoms with Gasteiger partial charge in [-0.3, -0.25) is 4.99 Å². The highest BCUT2D eigenvalue weighted by atomic mass is 32.2. The first kappa shape index (κ1) is 18.2. The highest BCUT2D eigenvalue weighted by Gasteiger charge is 2.03. The SMILES string of the molecule is CN=C(CSc1cccc(F)c1)N/C(C)=C\c1ccc(C)c(F)c1. The second-order valence-electron chi connectivity index (χ2n) is 5.38. The van der Waals surface area contributed by atoms with E-state index in [0.29, 0.717) is 11.3 Å². The van der Waals surface area contributed by atoms with Crippen LogP contribution in [0.25, 0.3) is 6.08 Å². The van der Waals surface area contributed by atoms with Crippen LogP contribution in [0, 0.1) is 18.6 Å². The summed E-state index contributed by atoms with van der Waals surface area (Å²) in [6.45, 7) is 3.63. The zero-order chi connectivity index (χ0) is 17.5. The Morgan fingerprint density at radius 3 is 2.67 bits per heavy atom. The summed E-state index contributed by atoms with van der Waals surface area (Å²) < 4.78 is 26.8. The Hall–Kier alpha value is -2.14. The van der Waals surface area contributed by atoms with Crippen LogP contribution in [-0.2, 0) is 0 Å². The third-order valence-corrected chi connectivity index (χ3v) is 4.37. The average Bonchev–Trinajstić information content (AvgIpc) is 2.55. The number of rotatable bonds is 5. The largest absolute Gasteiger partial charge is 0.347 e. The van der Waals surface area contributed by atoms with Gasteiger partial charge < -0.3 is 5.32 Å². The average molecular weight is 346 g/mol. The van der Waals surface area contributed by atoms with Gasteiger partial charge in [-0.15, -0.1) is 11.8 Å². The number of hydrogen-bond donors (Lipinski definition) is 1. The zero-order valence-corrected chi connectivity index (χ0v) is 14.8. The summed E-state index contributed by atoms with van der Waals surface area (Å²) in [5.74, 6) is 0.890. The van der Waals surface area contributed by atoms with Crippen molar-refractivity contribution in [3.05, 3.63) is 70.9 Å². The molecule has 0 atom stereocenters. The number of thioether (sulfide) groups is 1. The topological polar surface area (TPSA) is 24.4 Å². The van der Waals surface area contributed by atoms with Crippen molar-refractivity contribution in [3.63, 3.8) is 0 Å². The molecular weight excluding hydrogens is 326 g/mol. The maximum atomic E-state index is 13.6. The minimum atomic E-state index is -0.250. The second kappa shape index (κ2) is 8.64. The molecule has 0 amide bonds. The fourth-order valence-electron chi connectivity index (χ4n) is 2.08. The first-order valence-electron chi connectivity index (χ1n) is 7.53. The molecule has 1 N–H and O–H groups in total. The van der Waals surface area contributed by atoms with Crippen LogP contribution in [0.3, 0.4) is 0 Å². The quantitative estimate of drug-likeness (QED) is 0.466. The Kier molecular flexibility index (Phi) is 6.55. The minimum Gasteiger partial charge on any atom is -0.347 e. The number of aryl methyl sites for hydroxylation is 1. The molecule has 0 unspecified atom stereocenters. The van der Waals surface area contributed by atoms with E-state index in [1.54, 1.807) is 26.1 Å². The van der Waals surface area contributed by atoms with E-state index in [-0.39, 0.29) is 11.6 Å². The number of nitrogens with zero attached hydrogens (tertiary/aromatic N) is 1. The number of allylic oxidation sites excluding steroid dienone is 1. The Morgan fingerprint density at radius 2 is 2.00 bits per heavy atom. The van der Waals surface area contributed by atoms with Gasteiger partial charge in [-0.1, -0.05) is 18.2 Å². The molecule has 0 aromatic heterocycles. The van der Waals surface area contributed by atoms with E-state index in [9.17, 15) is 8.78 Å². The molecule has 0 aliphatic carbocycles. The van der Waals surface area contributed by atoms with Gasteiger partial charge in [0.25, 0.3) is 0 Å². The number of benzene rings is 2. The van der Waals surface area contributed by atoms with Crippen LogP contribution in [0.2, 0.25) is 0 Å². The van der Waals surface area contributed by atoms with E-state index in [4.69, 9.17) is 0 Å². The van der Waals surface area contributed by atoms with Crippen molar-refractivity contribution in [2.24, 2.45) is 4.99 Å². The van der Waals surface area contributed by atoms with E-state index >= 15 is 0 Å². The fourth-order valence-corrected chi connectivity index (χ4v) is 2.95. The van der Waals surface area contributed by atoms with Crippen LogP contribution >= 0.6 is 11.8 Å². The molecule has 0 bridgehead atoms. The molecule has 5 heteroatoms. The molecule has 2 rings (SSSR count). The van der Waals surface area contributed by atoms with Gasteiger partial charge in [0, 0.05) is 17.6 Å². The molecule has 0 heterocycles. The van der Waals surface area contributed by atoms with E-state index in [1.165, 1.54) is 30.0 Å². The fraction of sp³-hybridized carbons (Fsp3) is 0.211. The van der Waals surface area contributed by atoms with Crippen LogP contribution in [-0.4, -0.2) is 18.6 Å². The van der Waals surface area contributed by atoms with Crippen LogP contribution in [0.1, 0.15) is 18.1 Å². The van der Waals surface area contributed by atoms with Crippen molar-refractivity contribution in [3.8, 4) is 0 Å². The van der Waals surface area contributed by atoms with Crippen molar-refractivity contribution in [1.29, 1.82) is 0 Å². The van der Waals surface area contributed by atoms with E-state index in [0.717, 1.165) is 22.0 Å². The molecule has 0 saturated carbocycles. The van der Waals surface area contributed by atoms with Gasteiger partial charge in [0.1, 0.15) is 17.5 Å². The smallest absolute Gasteiger partial charge is 0.126 e. The molecule has 0 spiro atoms. The number of amidine groups is 1. The Balaban J connectivity index is 1.98. The van der Waals surface area contributed by atoms with Gasteiger partial charge in [0.15, 0.2) is 0 Å². The Labute approximate surface area is 145 Å². The number of hydrogen-bond acceptors (Lipinski definition) is 2. The molecule has 0 aliphatic heterocycles. The van der Waals surface area contributed by atoms with Crippen LogP contribution in [0.4, 0.5) is 8.78 Å². The van der Waals surface area contributed by atoms with E-state index in [2.05, 4.69) is 10.3 Å². The first-order valence-corrected chi connectivity index (χ1v) is 8.52. The minimum absolute atomic E-state index is 0.220. The van der Waals surface area contributed by atoms with Gasteiger partial charge >= 0.3 is 0 Å². The maximum absolute atomic E-state index is 13.6. The number of aliphatic imine (C=N–C) groups is 1. The summed E-state index contributed by atoms with van der Waals surface area (Å²) in [5, 5.41) is 3.21. The zero-order valence-electron chi connectivity index (χ0n) is 13.9. The summed E-state index contributed by atoms with van der Waals surface area (Å²) in [7, 11) is 1.70. The molecule has 0 saturated heterocycles. The lowest BCUT2D eigenvalue weighted by Gasteiger charge is -2.10. The van der Waals surface area contributed by atoms with Crippen LogP contribution in [0.15, 0.2) is 58.0 Å². The third kappa shape index (κ3) is 5.49. The van der Waals surface area contributed by atoms with Crippen molar-refractivity contribution < 1.29 is 8.78 Å². The molecule has 126 valence electrons. The predicted octanol–water partition coefficient (Wildman–Crippen LogP) is 5.04. The number of nitrogens with one attached hydrogen (secondary N) is 1. The van der Waals surface area contributed by atoms with Crippen LogP contribution < -0.4 is 5.32 Å². The molecule has 2 aromatic carbocycles. The van der Waals surface area contributed by atoms with Crippen molar-refractivity contribution >= 4 is 23.7 Å². The lowest BCUT2D eigenvalue weighted by molar-refractivity contribution is 0.618. The van der Waals surface area contributed by atoms with Gasteiger partial charge in [-0.2, -0.15) is 0 Å². The lowest BCUT2D eigenvalue weighted by atomic mass is 10.1. The lowest BCUT2D eigenvalue weighted by Crippen LogP contribution is -2.23. The standard InChI is InChI=1S/C19H20F2N2S/c1-13-7-8-15(10-18(13)21)9-14(2)23-19(22-3)12-24-17-6-4-5-16(20)11-17/h4-11H,12H2,1-3H3,(H,22,23)/b14-9-. The van der Waals surface area contributed by atoms with Crippen molar-refractivity contribution in [1.82, 2.24) is 5.32 Å². The predicted molar refractivity (Wildman–Crippen MR) is 98.4 cm³/mol. The van der Waals surface area contributed by atoms with Crippen molar-refractivity contribution in [2.75, 3.05) is 12.8 Å². The summed E-state index contributed by atoms with van der Waals surface area (Å²) in [4.78, 5) is 5.06. The van der Waals surface area contributed by atoms with Gasteiger partial charge in [-0.05, 0) is 55.3 Å². The van der Waals surface area contributed by atoms with Crippen molar-refractivity contribution in [2.45, 2.75) is 18.7 Å². The molecule has 2 aromatic rings. The van der Waals surface area contributed by atoms with E-state index < -0.39 is 0 Å². The summed E-state index contributed by atoms with van der Waals surface area (Å²) in [5.41, 5.74) is 2.27. The first-order chi connectivity index (χ1) is 11.5. The molecule has 2 nitrogen and oxygen atoms in total.